The van der Waals surface area contributed by atoms with E-state index in [0.29, 0.717) is 10.7 Å². The van der Waals surface area contributed by atoms with Gasteiger partial charge in [-0.25, -0.2) is 4.98 Å². The molecule has 1 aromatic carbocycles. The average molecular weight is 353 g/mol. The predicted octanol–water partition coefficient (Wildman–Crippen LogP) is 3.46. The minimum Gasteiger partial charge on any atom is -0.370 e. The van der Waals surface area contributed by atoms with E-state index in [1.165, 1.54) is 28.0 Å². The lowest BCUT2D eigenvalue weighted by Crippen LogP contribution is -2.13. The summed E-state index contributed by atoms with van der Waals surface area (Å²) in [6, 6.07) is 10.1. The molecule has 0 saturated carbocycles. The van der Waals surface area contributed by atoms with Crippen LogP contribution in [0.2, 0.25) is 0 Å². The van der Waals surface area contributed by atoms with Crippen molar-refractivity contribution in [2.45, 2.75) is 20.3 Å². The van der Waals surface area contributed by atoms with Gasteiger partial charge in [-0.3, -0.25) is 10.1 Å². The number of aromatic nitrogens is 3. The van der Waals surface area contributed by atoms with Gasteiger partial charge in [0.25, 0.3) is 5.91 Å². The zero-order valence-corrected chi connectivity index (χ0v) is 14.9. The molecular formula is C18H19N5OS. The van der Waals surface area contributed by atoms with Gasteiger partial charge in [0.05, 0.1) is 5.56 Å². The van der Waals surface area contributed by atoms with E-state index in [9.17, 15) is 4.79 Å². The molecule has 6 nitrogen and oxygen atoms in total. The summed E-state index contributed by atoms with van der Waals surface area (Å²) in [6.45, 7) is 5.00. The molecule has 0 spiro atoms. The Kier molecular flexibility index (Phi) is 5.35. The van der Waals surface area contributed by atoms with Crippen molar-refractivity contribution < 1.29 is 4.79 Å². The highest BCUT2D eigenvalue weighted by molar-refractivity contribution is 7.13. The van der Waals surface area contributed by atoms with Crippen LogP contribution in [0.5, 0.6) is 0 Å². The molecule has 0 aliphatic rings. The number of nitrogens with zero attached hydrogens (tertiary/aromatic N) is 3. The third-order valence-corrected chi connectivity index (χ3v) is 4.21. The SMILES string of the molecule is Cc1cc(C)cc(CCNc2ccc(C(=O)Nc3nncs3)cn2)c1. The summed E-state index contributed by atoms with van der Waals surface area (Å²) in [5.74, 6) is 0.503. The van der Waals surface area contributed by atoms with E-state index in [0.717, 1.165) is 18.8 Å². The van der Waals surface area contributed by atoms with Crippen LogP contribution in [0.25, 0.3) is 0 Å². The van der Waals surface area contributed by atoms with Crippen molar-refractivity contribution in [2.24, 2.45) is 0 Å². The molecule has 2 N–H and O–H groups in total. The van der Waals surface area contributed by atoms with E-state index in [1.54, 1.807) is 23.8 Å². The van der Waals surface area contributed by atoms with Crippen molar-refractivity contribution in [3.8, 4) is 0 Å². The maximum absolute atomic E-state index is 12.1. The van der Waals surface area contributed by atoms with Crippen LogP contribution in [-0.4, -0.2) is 27.6 Å². The fourth-order valence-corrected chi connectivity index (χ4v) is 3.02. The zero-order valence-electron chi connectivity index (χ0n) is 14.1. The fourth-order valence-electron chi connectivity index (χ4n) is 2.58. The van der Waals surface area contributed by atoms with Crippen molar-refractivity contribution in [2.75, 3.05) is 17.2 Å². The van der Waals surface area contributed by atoms with E-state index in [2.05, 4.69) is 57.9 Å². The van der Waals surface area contributed by atoms with Gasteiger partial charge in [0.2, 0.25) is 5.13 Å². The first-order valence-corrected chi connectivity index (χ1v) is 8.83. The topological polar surface area (TPSA) is 79.8 Å². The molecule has 3 rings (SSSR count). The summed E-state index contributed by atoms with van der Waals surface area (Å²) < 4.78 is 0. The Bertz CT molecular complexity index is 826. The molecule has 128 valence electrons. The highest BCUT2D eigenvalue weighted by Gasteiger charge is 2.08. The average Bonchev–Trinajstić information content (AvgIpc) is 3.07. The molecule has 0 unspecified atom stereocenters. The van der Waals surface area contributed by atoms with Crippen molar-refractivity contribution in [3.63, 3.8) is 0 Å². The first kappa shape index (κ1) is 17.0. The number of carbonyl (C=O) groups is 1. The second-order valence-electron chi connectivity index (χ2n) is 5.80. The Labute approximate surface area is 150 Å². The van der Waals surface area contributed by atoms with Gasteiger partial charge in [0.1, 0.15) is 11.3 Å². The number of benzene rings is 1. The molecule has 2 heterocycles. The molecule has 25 heavy (non-hydrogen) atoms. The van der Waals surface area contributed by atoms with Gasteiger partial charge < -0.3 is 5.32 Å². The summed E-state index contributed by atoms with van der Waals surface area (Å²) in [5, 5.41) is 13.9. The molecule has 0 fully saturated rings. The van der Waals surface area contributed by atoms with Crippen molar-refractivity contribution in [3.05, 3.63) is 64.3 Å². The normalized spacial score (nSPS) is 10.5. The van der Waals surface area contributed by atoms with Crippen LogP contribution in [0, 0.1) is 13.8 Å². The molecule has 3 aromatic rings. The Balaban J connectivity index is 1.53. The summed E-state index contributed by atoms with van der Waals surface area (Å²) in [5.41, 5.74) is 5.90. The quantitative estimate of drug-likeness (QED) is 0.709. The summed E-state index contributed by atoms with van der Waals surface area (Å²) in [4.78, 5) is 16.3. The molecule has 7 heteroatoms. The second kappa shape index (κ2) is 7.85. The smallest absolute Gasteiger partial charge is 0.259 e. The maximum Gasteiger partial charge on any atom is 0.259 e. The first-order valence-electron chi connectivity index (χ1n) is 7.95. The van der Waals surface area contributed by atoms with Gasteiger partial charge in [-0.05, 0) is 38.0 Å². The predicted molar refractivity (Wildman–Crippen MR) is 100 cm³/mol. The van der Waals surface area contributed by atoms with Crippen molar-refractivity contribution in [1.29, 1.82) is 0 Å². The molecule has 0 radical (unpaired) electrons. The lowest BCUT2D eigenvalue weighted by molar-refractivity contribution is 0.102. The van der Waals surface area contributed by atoms with E-state index in [-0.39, 0.29) is 5.91 Å². The number of hydrogen-bond donors (Lipinski definition) is 2. The van der Waals surface area contributed by atoms with Crippen molar-refractivity contribution in [1.82, 2.24) is 15.2 Å². The number of carbonyl (C=O) groups excluding carboxylic acids is 1. The van der Waals surface area contributed by atoms with Gasteiger partial charge in [-0.15, -0.1) is 10.2 Å². The zero-order chi connectivity index (χ0) is 17.6. The van der Waals surface area contributed by atoms with Crippen LogP contribution < -0.4 is 10.6 Å². The van der Waals surface area contributed by atoms with Crippen LogP contribution >= 0.6 is 11.3 Å². The number of rotatable bonds is 6. The maximum atomic E-state index is 12.1. The van der Waals surface area contributed by atoms with Crippen LogP contribution in [0.3, 0.4) is 0 Å². The van der Waals surface area contributed by atoms with Crippen molar-refractivity contribution >= 4 is 28.2 Å². The molecule has 1 amide bonds. The number of pyridine rings is 1. The van der Waals surface area contributed by atoms with Crippen LogP contribution in [0.1, 0.15) is 27.0 Å². The Morgan fingerprint density at radius 3 is 2.60 bits per heavy atom. The monoisotopic (exact) mass is 353 g/mol. The lowest BCUT2D eigenvalue weighted by atomic mass is 10.1. The number of anilines is 2. The first-order chi connectivity index (χ1) is 12.1. The number of aryl methyl sites for hydroxylation is 2. The van der Waals surface area contributed by atoms with E-state index in [4.69, 9.17) is 0 Å². The number of hydrogen-bond acceptors (Lipinski definition) is 6. The summed E-state index contributed by atoms with van der Waals surface area (Å²) >= 11 is 1.27. The summed E-state index contributed by atoms with van der Waals surface area (Å²) in [7, 11) is 0. The second-order valence-corrected chi connectivity index (χ2v) is 6.64. The van der Waals surface area contributed by atoms with Crippen LogP contribution in [-0.2, 0) is 6.42 Å². The Hall–Kier alpha value is -2.80. The minimum atomic E-state index is -0.244. The lowest BCUT2D eigenvalue weighted by Gasteiger charge is -2.08. The third kappa shape index (κ3) is 4.84. The number of amides is 1. The molecule has 2 aromatic heterocycles. The van der Waals surface area contributed by atoms with E-state index in [1.807, 2.05) is 0 Å². The van der Waals surface area contributed by atoms with E-state index >= 15 is 0 Å². The Morgan fingerprint density at radius 1 is 1.16 bits per heavy atom. The molecule has 0 aliphatic heterocycles. The van der Waals surface area contributed by atoms with Gasteiger partial charge in [0, 0.05) is 12.7 Å². The number of nitrogens with one attached hydrogen (secondary N) is 2. The highest BCUT2D eigenvalue weighted by atomic mass is 32.1. The van der Waals surface area contributed by atoms with Crippen LogP contribution in [0.4, 0.5) is 10.9 Å². The van der Waals surface area contributed by atoms with Gasteiger partial charge >= 0.3 is 0 Å². The minimum absolute atomic E-state index is 0.244. The highest BCUT2D eigenvalue weighted by Crippen LogP contribution is 2.12. The van der Waals surface area contributed by atoms with Crippen LogP contribution in [0.15, 0.2) is 42.0 Å². The van der Waals surface area contributed by atoms with Gasteiger partial charge in [0.15, 0.2) is 0 Å². The third-order valence-electron chi connectivity index (χ3n) is 3.61. The standard InChI is InChI=1S/C18H19N5OS/c1-12-7-13(2)9-14(8-12)5-6-19-16-4-3-15(10-20-16)17(24)22-18-23-21-11-25-18/h3-4,7-11H,5-6H2,1-2H3,(H,19,20)(H,22,23,24). The molecular weight excluding hydrogens is 334 g/mol. The largest absolute Gasteiger partial charge is 0.370 e. The van der Waals surface area contributed by atoms with E-state index < -0.39 is 0 Å². The molecule has 0 atom stereocenters. The van der Waals surface area contributed by atoms with Gasteiger partial charge in [-0.1, -0.05) is 40.7 Å². The fraction of sp³-hybridized carbons (Fsp3) is 0.222. The molecule has 0 aliphatic carbocycles. The Morgan fingerprint density at radius 2 is 1.96 bits per heavy atom. The molecule has 0 saturated heterocycles. The molecule has 0 bridgehead atoms. The summed E-state index contributed by atoms with van der Waals surface area (Å²) in [6.07, 6.45) is 2.47. The van der Waals surface area contributed by atoms with Gasteiger partial charge in [-0.2, -0.15) is 0 Å².